The van der Waals surface area contributed by atoms with Crippen LogP contribution in [0, 0.1) is 0 Å². The molecule has 0 aliphatic carbocycles. The summed E-state index contributed by atoms with van der Waals surface area (Å²) in [5.74, 6) is 0.386. The van der Waals surface area contributed by atoms with Crippen molar-refractivity contribution < 1.29 is 14.0 Å². The summed E-state index contributed by atoms with van der Waals surface area (Å²) >= 11 is 0. The zero-order chi connectivity index (χ0) is 19.8. The monoisotopic (exact) mass is 376 g/mol. The number of nitrogen functional groups attached to an aromatic ring is 1. The number of pyridine rings is 1. The van der Waals surface area contributed by atoms with Crippen LogP contribution in [0.1, 0.15) is 24.4 Å². The van der Waals surface area contributed by atoms with Crippen molar-refractivity contribution in [3.63, 3.8) is 0 Å². The Morgan fingerprint density at radius 1 is 1.14 bits per heavy atom. The maximum Gasteiger partial charge on any atom is 0.294 e. The highest BCUT2D eigenvalue weighted by atomic mass is 16.3. The van der Waals surface area contributed by atoms with Gasteiger partial charge in [-0.1, -0.05) is 6.07 Å². The number of carbonyl (C=O) groups is 2. The summed E-state index contributed by atoms with van der Waals surface area (Å²) in [5.41, 5.74) is 8.78. The van der Waals surface area contributed by atoms with Gasteiger partial charge in [-0.3, -0.25) is 9.59 Å². The maximum atomic E-state index is 13.0. The molecule has 28 heavy (non-hydrogen) atoms. The second-order valence-corrected chi connectivity index (χ2v) is 6.81. The Hall–Kier alpha value is -3.61. The normalized spacial score (nSPS) is 16.0. The van der Waals surface area contributed by atoms with Crippen molar-refractivity contribution in [3.8, 4) is 11.1 Å². The molecule has 0 saturated carbocycles. The van der Waals surface area contributed by atoms with Crippen LogP contribution < -0.4 is 15.5 Å². The molecule has 1 aromatic carbocycles. The Labute approximate surface area is 162 Å². The van der Waals surface area contributed by atoms with E-state index in [-0.39, 0.29) is 23.6 Å². The lowest BCUT2D eigenvalue weighted by Gasteiger charge is -2.40. The molecule has 2 aromatic heterocycles. The van der Waals surface area contributed by atoms with E-state index in [4.69, 9.17) is 10.2 Å². The fraction of sp³-hybridized carbons (Fsp3) is 0.190. The minimum absolute atomic E-state index is 0.0688. The average Bonchev–Trinajstić information content (AvgIpc) is 3.21. The van der Waals surface area contributed by atoms with Gasteiger partial charge in [0.25, 0.3) is 5.91 Å². The van der Waals surface area contributed by atoms with Crippen LogP contribution in [0.4, 0.5) is 17.2 Å². The van der Waals surface area contributed by atoms with Gasteiger partial charge in [0.1, 0.15) is 5.82 Å². The van der Waals surface area contributed by atoms with Crippen molar-refractivity contribution in [1.29, 1.82) is 0 Å². The van der Waals surface area contributed by atoms with E-state index in [1.54, 1.807) is 34.2 Å². The lowest BCUT2D eigenvalue weighted by molar-refractivity contribution is -0.117. The number of anilines is 3. The largest absolute Gasteiger partial charge is 0.459 e. The summed E-state index contributed by atoms with van der Waals surface area (Å²) in [6.45, 7) is 3.82. The van der Waals surface area contributed by atoms with Crippen molar-refractivity contribution in [1.82, 2.24) is 4.98 Å². The minimum atomic E-state index is -0.242. The van der Waals surface area contributed by atoms with Gasteiger partial charge < -0.3 is 20.0 Å². The number of nitrogens with two attached hydrogens (primary N) is 1. The molecule has 0 radical (unpaired) electrons. The highest BCUT2D eigenvalue weighted by Crippen LogP contribution is 2.39. The van der Waals surface area contributed by atoms with Crippen LogP contribution in [-0.2, 0) is 4.79 Å². The Bertz CT molecular complexity index is 1030. The Morgan fingerprint density at radius 3 is 2.57 bits per heavy atom. The molecule has 0 spiro atoms. The molecule has 1 aliphatic heterocycles. The number of hydrogen-bond donors (Lipinski definition) is 1. The summed E-state index contributed by atoms with van der Waals surface area (Å²) in [4.78, 5) is 32.8. The molecule has 3 heterocycles. The molecule has 1 aliphatic rings. The van der Waals surface area contributed by atoms with E-state index in [2.05, 4.69) is 4.98 Å². The van der Waals surface area contributed by atoms with Crippen molar-refractivity contribution in [2.75, 3.05) is 22.1 Å². The number of aromatic nitrogens is 1. The number of carbonyl (C=O) groups excluding carboxylic acids is 2. The van der Waals surface area contributed by atoms with E-state index in [1.807, 2.05) is 31.2 Å². The molecule has 0 fully saturated rings. The third-order valence-corrected chi connectivity index (χ3v) is 4.85. The van der Waals surface area contributed by atoms with Crippen LogP contribution in [0.3, 0.4) is 0 Å². The summed E-state index contributed by atoms with van der Waals surface area (Å²) in [7, 11) is 0. The standard InChI is InChI=1S/C21H20N4O3/c1-13-12-24(21(27)19-4-3-9-28-19)18-10-15(16-6-8-20(22)23-11-16)5-7-17(18)25(13)14(2)26/h3-11,13H,12H2,1-2H3,(H2,22,23)/t13-/m0/s1. The lowest BCUT2D eigenvalue weighted by atomic mass is 10.0. The molecule has 7 nitrogen and oxygen atoms in total. The van der Waals surface area contributed by atoms with E-state index in [1.165, 1.54) is 13.2 Å². The predicted octanol–water partition coefficient (Wildman–Crippen LogP) is 3.33. The Kier molecular flexibility index (Phi) is 4.35. The molecule has 7 heteroatoms. The second-order valence-electron chi connectivity index (χ2n) is 6.81. The van der Waals surface area contributed by atoms with Crippen LogP contribution in [0.2, 0.25) is 0 Å². The van der Waals surface area contributed by atoms with Gasteiger partial charge in [0, 0.05) is 25.2 Å². The van der Waals surface area contributed by atoms with Gasteiger partial charge in [0.05, 0.1) is 23.7 Å². The number of fused-ring (bicyclic) bond motifs is 1. The number of hydrogen-bond acceptors (Lipinski definition) is 5. The fourth-order valence-corrected chi connectivity index (χ4v) is 3.59. The number of nitrogens with zero attached hydrogens (tertiary/aromatic N) is 3. The molecule has 0 bridgehead atoms. The predicted molar refractivity (Wildman–Crippen MR) is 107 cm³/mol. The number of furan rings is 1. The fourth-order valence-electron chi connectivity index (χ4n) is 3.59. The van der Waals surface area contributed by atoms with Crippen molar-refractivity contribution in [3.05, 3.63) is 60.7 Å². The first-order valence-electron chi connectivity index (χ1n) is 8.97. The highest BCUT2D eigenvalue weighted by molar-refractivity contribution is 6.10. The Morgan fingerprint density at radius 2 is 1.93 bits per heavy atom. The van der Waals surface area contributed by atoms with Crippen LogP contribution >= 0.6 is 0 Å². The molecule has 0 saturated heterocycles. The number of amides is 2. The van der Waals surface area contributed by atoms with Crippen LogP contribution in [0.15, 0.2) is 59.3 Å². The maximum absolute atomic E-state index is 13.0. The third kappa shape index (κ3) is 3.00. The van der Waals surface area contributed by atoms with E-state index >= 15 is 0 Å². The first-order valence-corrected chi connectivity index (χ1v) is 8.97. The van der Waals surface area contributed by atoms with Gasteiger partial charge in [-0.15, -0.1) is 0 Å². The SMILES string of the molecule is CC(=O)N1c2ccc(-c3ccc(N)nc3)cc2N(C(=O)c2ccco2)C[C@@H]1C. The molecule has 142 valence electrons. The topological polar surface area (TPSA) is 92.7 Å². The summed E-state index contributed by atoms with van der Waals surface area (Å²) in [6, 6.07) is 12.4. The quantitative estimate of drug-likeness (QED) is 0.741. The third-order valence-electron chi connectivity index (χ3n) is 4.85. The number of rotatable bonds is 2. The molecule has 4 rings (SSSR count). The smallest absolute Gasteiger partial charge is 0.294 e. The van der Waals surface area contributed by atoms with Crippen LogP contribution in [0.5, 0.6) is 0 Å². The van der Waals surface area contributed by atoms with Crippen LogP contribution in [-0.4, -0.2) is 29.4 Å². The van der Waals surface area contributed by atoms with Gasteiger partial charge in [-0.05, 0) is 48.9 Å². The minimum Gasteiger partial charge on any atom is -0.459 e. The van der Waals surface area contributed by atoms with E-state index in [0.29, 0.717) is 23.7 Å². The Balaban J connectivity index is 1.84. The van der Waals surface area contributed by atoms with E-state index in [9.17, 15) is 9.59 Å². The summed E-state index contributed by atoms with van der Waals surface area (Å²) in [5, 5.41) is 0. The van der Waals surface area contributed by atoms with Gasteiger partial charge in [-0.25, -0.2) is 4.98 Å². The molecule has 2 N–H and O–H groups in total. The molecular weight excluding hydrogens is 356 g/mol. The van der Waals surface area contributed by atoms with Crippen molar-refractivity contribution in [2.45, 2.75) is 19.9 Å². The summed E-state index contributed by atoms with van der Waals surface area (Å²) < 4.78 is 5.31. The number of benzene rings is 1. The van der Waals surface area contributed by atoms with E-state index in [0.717, 1.165) is 11.1 Å². The molecule has 0 unspecified atom stereocenters. The van der Waals surface area contributed by atoms with Crippen molar-refractivity contribution >= 4 is 29.0 Å². The molecule has 2 amide bonds. The zero-order valence-electron chi connectivity index (χ0n) is 15.6. The van der Waals surface area contributed by atoms with Gasteiger partial charge in [0.2, 0.25) is 5.91 Å². The summed E-state index contributed by atoms with van der Waals surface area (Å²) in [6.07, 6.45) is 3.16. The molecule has 1 atom stereocenters. The van der Waals surface area contributed by atoms with Gasteiger partial charge in [-0.2, -0.15) is 0 Å². The first-order chi connectivity index (χ1) is 13.5. The van der Waals surface area contributed by atoms with E-state index < -0.39 is 0 Å². The highest BCUT2D eigenvalue weighted by Gasteiger charge is 2.34. The van der Waals surface area contributed by atoms with Gasteiger partial charge in [0.15, 0.2) is 5.76 Å². The van der Waals surface area contributed by atoms with Gasteiger partial charge >= 0.3 is 0 Å². The van der Waals surface area contributed by atoms with Crippen LogP contribution in [0.25, 0.3) is 11.1 Å². The molecular formula is C21H20N4O3. The molecule has 3 aromatic rings. The first kappa shape index (κ1) is 17.8. The second kappa shape index (κ2) is 6.84. The lowest BCUT2D eigenvalue weighted by Crippen LogP contribution is -2.51. The zero-order valence-corrected chi connectivity index (χ0v) is 15.6. The average molecular weight is 376 g/mol. The van der Waals surface area contributed by atoms with Crippen molar-refractivity contribution in [2.24, 2.45) is 0 Å².